The van der Waals surface area contributed by atoms with Gasteiger partial charge in [-0.25, -0.2) is 9.78 Å². The third-order valence-electron chi connectivity index (χ3n) is 3.36. The summed E-state index contributed by atoms with van der Waals surface area (Å²) < 4.78 is 7.22. The van der Waals surface area contributed by atoms with Crippen molar-refractivity contribution in [3.8, 4) is 5.69 Å². The van der Waals surface area contributed by atoms with E-state index in [1.807, 2.05) is 53.1 Å². The molecule has 2 heterocycles. The van der Waals surface area contributed by atoms with Crippen molar-refractivity contribution in [2.24, 2.45) is 0 Å². The number of imidazole rings is 1. The number of nitrogens with zero attached hydrogens (tertiary/aromatic N) is 2. The molecule has 0 saturated carbocycles. The van der Waals surface area contributed by atoms with Crippen LogP contribution in [0.4, 0.5) is 0 Å². The third kappa shape index (κ3) is 1.48. The van der Waals surface area contributed by atoms with Crippen LogP contribution in [0.1, 0.15) is 0 Å². The topological polar surface area (TPSA) is 48.0 Å². The quantitative estimate of drug-likeness (QED) is 0.529. The smallest absolute Gasteiger partial charge is 0.345 e. The second-order valence-electron chi connectivity index (χ2n) is 4.54. The molecule has 0 N–H and O–H groups in total. The van der Waals surface area contributed by atoms with Gasteiger partial charge in [-0.1, -0.05) is 36.4 Å². The van der Waals surface area contributed by atoms with Gasteiger partial charge in [-0.2, -0.15) is 0 Å². The monoisotopic (exact) mass is 262 g/mol. The fourth-order valence-corrected chi connectivity index (χ4v) is 2.45. The summed E-state index contributed by atoms with van der Waals surface area (Å²) in [6.45, 7) is 0. The zero-order valence-electron chi connectivity index (χ0n) is 10.5. The Morgan fingerprint density at radius 2 is 1.60 bits per heavy atom. The maximum absolute atomic E-state index is 11.9. The maximum Gasteiger partial charge on any atom is 0.345 e. The van der Waals surface area contributed by atoms with Gasteiger partial charge in [0.05, 0.1) is 5.39 Å². The van der Waals surface area contributed by atoms with E-state index >= 15 is 0 Å². The van der Waals surface area contributed by atoms with Gasteiger partial charge < -0.3 is 4.42 Å². The van der Waals surface area contributed by atoms with E-state index in [2.05, 4.69) is 4.98 Å². The molecule has 0 aliphatic rings. The van der Waals surface area contributed by atoms with Crippen LogP contribution in [-0.2, 0) is 0 Å². The van der Waals surface area contributed by atoms with Crippen LogP contribution in [0, 0.1) is 0 Å². The molecule has 0 fully saturated rings. The lowest BCUT2D eigenvalue weighted by Gasteiger charge is -2.05. The van der Waals surface area contributed by atoms with Gasteiger partial charge >= 0.3 is 5.63 Å². The number of hydrogen-bond acceptors (Lipinski definition) is 3. The number of aromatic nitrogens is 2. The number of hydrogen-bond donors (Lipinski definition) is 0. The van der Waals surface area contributed by atoms with Crippen LogP contribution in [-0.4, -0.2) is 9.55 Å². The fraction of sp³-hybridized carbons (Fsp3) is 0. The summed E-state index contributed by atoms with van der Waals surface area (Å²) in [5.74, 6) is 0. The van der Waals surface area contributed by atoms with Crippen LogP contribution in [0.3, 0.4) is 0 Å². The van der Waals surface area contributed by atoms with Gasteiger partial charge in [-0.3, -0.25) is 4.57 Å². The number of rotatable bonds is 1. The van der Waals surface area contributed by atoms with Crippen molar-refractivity contribution in [1.82, 2.24) is 9.55 Å². The lowest BCUT2D eigenvalue weighted by atomic mass is 10.1. The molecule has 4 rings (SSSR count). The predicted octanol–water partition coefficient (Wildman–Crippen LogP) is 3.13. The highest BCUT2D eigenvalue weighted by atomic mass is 16.4. The summed E-state index contributed by atoms with van der Waals surface area (Å²) >= 11 is 0. The number of benzene rings is 2. The molecule has 2 aromatic heterocycles. The number of para-hydroxylation sites is 1. The largest absolute Gasteiger partial charge is 0.401 e. The first-order valence-corrected chi connectivity index (χ1v) is 6.29. The van der Waals surface area contributed by atoms with Crippen molar-refractivity contribution in [3.63, 3.8) is 0 Å². The van der Waals surface area contributed by atoms with E-state index < -0.39 is 0 Å². The van der Waals surface area contributed by atoms with Crippen molar-refractivity contribution in [3.05, 3.63) is 71.3 Å². The Morgan fingerprint density at radius 3 is 2.40 bits per heavy atom. The van der Waals surface area contributed by atoms with E-state index in [1.54, 1.807) is 12.4 Å². The van der Waals surface area contributed by atoms with Gasteiger partial charge in [-0.05, 0) is 18.2 Å². The summed E-state index contributed by atoms with van der Waals surface area (Å²) in [5.41, 5.74) is 1.80. The molecule has 0 spiro atoms. The van der Waals surface area contributed by atoms with Gasteiger partial charge in [0.1, 0.15) is 11.8 Å². The van der Waals surface area contributed by atoms with E-state index in [0.717, 1.165) is 16.6 Å². The standard InChI is InChI=1S/C16H10N2O2/c19-16-13-9-5-4-8-12(13)14-15(20-16)17-10-18(14)11-6-2-1-3-7-11/h1-10H. The van der Waals surface area contributed by atoms with Crippen LogP contribution in [0.2, 0.25) is 0 Å². The molecular weight excluding hydrogens is 252 g/mol. The average molecular weight is 262 g/mol. The molecular formula is C16H10N2O2. The Morgan fingerprint density at radius 1 is 0.900 bits per heavy atom. The Hall–Kier alpha value is -2.88. The van der Waals surface area contributed by atoms with E-state index in [9.17, 15) is 4.79 Å². The summed E-state index contributed by atoms with van der Waals surface area (Å²) in [6, 6.07) is 17.3. The van der Waals surface area contributed by atoms with E-state index in [0.29, 0.717) is 11.1 Å². The summed E-state index contributed by atoms with van der Waals surface area (Å²) in [6.07, 6.45) is 1.68. The lowest BCUT2D eigenvalue weighted by Crippen LogP contribution is -2.01. The van der Waals surface area contributed by atoms with E-state index in [-0.39, 0.29) is 5.63 Å². The molecule has 0 amide bonds. The van der Waals surface area contributed by atoms with Crippen molar-refractivity contribution in [2.75, 3.05) is 0 Å². The molecule has 0 unspecified atom stereocenters. The highest BCUT2D eigenvalue weighted by Gasteiger charge is 2.12. The third-order valence-corrected chi connectivity index (χ3v) is 3.36. The van der Waals surface area contributed by atoms with Crippen molar-refractivity contribution in [1.29, 1.82) is 0 Å². The lowest BCUT2D eigenvalue weighted by molar-refractivity contribution is 0.559. The zero-order valence-corrected chi connectivity index (χ0v) is 10.5. The molecule has 20 heavy (non-hydrogen) atoms. The maximum atomic E-state index is 11.9. The van der Waals surface area contributed by atoms with E-state index in [4.69, 9.17) is 4.42 Å². The minimum atomic E-state index is -0.355. The molecule has 0 aliphatic carbocycles. The minimum Gasteiger partial charge on any atom is -0.401 e. The summed E-state index contributed by atoms with van der Waals surface area (Å²) in [4.78, 5) is 16.1. The van der Waals surface area contributed by atoms with Crippen LogP contribution in [0.5, 0.6) is 0 Å². The van der Waals surface area contributed by atoms with E-state index in [1.165, 1.54) is 0 Å². The van der Waals surface area contributed by atoms with Gasteiger partial charge in [0.25, 0.3) is 0 Å². The molecule has 4 nitrogen and oxygen atoms in total. The SMILES string of the molecule is O=c1oc2ncn(-c3ccccc3)c2c2ccccc12. The van der Waals surface area contributed by atoms with Gasteiger partial charge in [-0.15, -0.1) is 0 Å². The molecule has 2 aromatic carbocycles. The normalized spacial score (nSPS) is 11.2. The highest BCUT2D eigenvalue weighted by molar-refractivity contribution is 6.01. The summed E-state index contributed by atoms with van der Waals surface area (Å²) in [7, 11) is 0. The minimum absolute atomic E-state index is 0.355. The predicted molar refractivity (Wildman–Crippen MR) is 77.1 cm³/mol. The zero-order chi connectivity index (χ0) is 13.5. The van der Waals surface area contributed by atoms with Gasteiger partial charge in [0, 0.05) is 11.1 Å². The van der Waals surface area contributed by atoms with Crippen LogP contribution < -0.4 is 5.63 Å². The first-order valence-electron chi connectivity index (χ1n) is 6.29. The average Bonchev–Trinajstić information content (AvgIpc) is 2.92. The van der Waals surface area contributed by atoms with Crippen LogP contribution >= 0.6 is 0 Å². The fourth-order valence-electron chi connectivity index (χ4n) is 2.45. The van der Waals surface area contributed by atoms with Crippen LogP contribution in [0.25, 0.3) is 27.7 Å². The van der Waals surface area contributed by atoms with Crippen molar-refractivity contribution >= 4 is 22.0 Å². The summed E-state index contributed by atoms with van der Waals surface area (Å²) in [5, 5.41) is 1.41. The van der Waals surface area contributed by atoms with Gasteiger partial charge in [0.2, 0.25) is 5.71 Å². The second-order valence-corrected chi connectivity index (χ2v) is 4.54. The molecule has 0 atom stereocenters. The number of fused-ring (bicyclic) bond motifs is 3. The first kappa shape index (κ1) is 11.0. The molecule has 0 aliphatic heterocycles. The van der Waals surface area contributed by atoms with Crippen molar-refractivity contribution in [2.45, 2.75) is 0 Å². The molecule has 0 saturated heterocycles. The molecule has 4 heteroatoms. The first-order chi connectivity index (χ1) is 9.84. The molecule has 4 aromatic rings. The Kier molecular flexibility index (Phi) is 2.23. The molecule has 0 radical (unpaired) electrons. The van der Waals surface area contributed by atoms with Crippen LogP contribution in [0.15, 0.2) is 70.1 Å². The molecule has 0 bridgehead atoms. The Balaban J connectivity index is 2.20. The second kappa shape index (κ2) is 4.06. The molecule has 96 valence electrons. The van der Waals surface area contributed by atoms with Crippen molar-refractivity contribution < 1.29 is 4.42 Å². The Labute approximate surface area is 113 Å². The Bertz CT molecular complexity index is 968. The highest BCUT2D eigenvalue weighted by Crippen LogP contribution is 2.24. The van der Waals surface area contributed by atoms with Gasteiger partial charge in [0.15, 0.2) is 0 Å².